The molecule has 0 unspecified atom stereocenters. The summed E-state index contributed by atoms with van der Waals surface area (Å²) in [6.45, 7) is 31.8. The predicted octanol–water partition coefficient (Wildman–Crippen LogP) is 10.9. The smallest absolute Gasteiger partial charge is 0.183 e. The molecule has 4 rings (SSSR count). The van der Waals surface area contributed by atoms with Crippen LogP contribution in [0.4, 0.5) is 0 Å². The maximum atomic E-state index is 10.8. The normalized spacial score (nSPS) is 23.6. The molecule has 4 heteroatoms. The topological polar surface area (TPSA) is 58.9 Å². The second-order valence-corrected chi connectivity index (χ2v) is 18.0. The van der Waals surface area contributed by atoms with Gasteiger partial charge in [-0.05, 0) is 86.3 Å². The van der Waals surface area contributed by atoms with Crippen LogP contribution in [0.3, 0.4) is 0 Å². The Labute approximate surface area is 270 Å². The van der Waals surface area contributed by atoms with Crippen LogP contribution in [0.2, 0.25) is 0 Å². The number of hydrogen-bond donors (Lipinski definition) is 2. The Morgan fingerprint density at radius 1 is 0.500 bits per heavy atom. The molecule has 248 valence electrons. The Balaban J connectivity index is 0.000000240. The molecule has 1 heterocycles. The fourth-order valence-electron chi connectivity index (χ4n) is 6.36. The first kappa shape index (κ1) is 36.4. The highest BCUT2D eigenvalue weighted by Gasteiger charge is 2.31. The minimum atomic E-state index is -0.334. The van der Waals surface area contributed by atoms with Crippen LogP contribution in [0.25, 0.3) is 0 Å². The maximum absolute atomic E-state index is 10.8. The molecule has 2 aromatic carbocycles. The van der Waals surface area contributed by atoms with Crippen molar-refractivity contribution in [2.75, 3.05) is 13.2 Å². The summed E-state index contributed by atoms with van der Waals surface area (Å²) in [6.07, 6.45) is 4.92. The van der Waals surface area contributed by atoms with Crippen molar-refractivity contribution in [1.82, 2.24) is 0 Å². The average Bonchev–Trinajstić information content (AvgIpc) is 2.88. The van der Waals surface area contributed by atoms with E-state index >= 15 is 0 Å². The summed E-state index contributed by atoms with van der Waals surface area (Å²) in [5.74, 6) is 2.87. The van der Waals surface area contributed by atoms with Gasteiger partial charge in [-0.2, -0.15) is 0 Å². The van der Waals surface area contributed by atoms with Gasteiger partial charge in [-0.1, -0.05) is 122 Å². The lowest BCUT2D eigenvalue weighted by atomic mass is 9.74. The molecule has 1 aliphatic heterocycles. The Kier molecular flexibility index (Phi) is 11.1. The van der Waals surface area contributed by atoms with Gasteiger partial charge in [0, 0.05) is 11.5 Å². The quantitative estimate of drug-likeness (QED) is 0.356. The summed E-state index contributed by atoms with van der Waals surface area (Å²) in [5, 5.41) is 21.6. The van der Waals surface area contributed by atoms with E-state index in [1.807, 2.05) is 12.1 Å². The molecule has 0 atom stereocenters. The Morgan fingerprint density at radius 2 is 0.818 bits per heavy atom. The average molecular weight is 609 g/mol. The van der Waals surface area contributed by atoms with Gasteiger partial charge in [0.15, 0.2) is 6.29 Å². The fourth-order valence-corrected chi connectivity index (χ4v) is 6.36. The van der Waals surface area contributed by atoms with Crippen molar-refractivity contribution in [3.8, 4) is 11.5 Å². The molecule has 4 nitrogen and oxygen atoms in total. The number of phenolic OH excluding ortho intramolecular Hbond substituents is 2. The van der Waals surface area contributed by atoms with Crippen molar-refractivity contribution in [3.05, 3.63) is 57.6 Å². The lowest BCUT2D eigenvalue weighted by molar-refractivity contribution is -0.202. The standard InChI is InChI=1S/C21H34O.C19H30O3/c1-14-8-10-15(11-9-14)16-12-17(20(2,3)4)19(22)18(13-16)21(5,6)7;1-12-10-21-17(22-11-12)13-8-14(18(2,3)4)16(20)15(9-13)19(5,6)7/h12-15,22H,8-11H2,1-7H3;8-9,12,17,20H,10-11H2,1-7H3. The zero-order chi connectivity index (χ0) is 33.4. The van der Waals surface area contributed by atoms with Gasteiger partial charge in [-0.25, -0.2) is 0 Å². The summed E-state index contributed by atoms with van der Waals surface area (Å²) in [7, 11) is 0. The van der Waals surface area contributed by atoms with Gasteiger partial charge >= 0.3 is 0 Å². The van der Waals surface area contributed by atoms with E-state index in [4.69, 9.17) is 9.47 Å². The first-order chi connectivity index (χ1) is 20.0. The first-order valence-electron chi connectivity index (χ1n) is 17.0. The first-order valence-corrected chi connectivity index (χ1v) is 17.0. The molecule has 2 aliphatic rings. The zero-order valence-corrected chi connectivity index (χ0v) is 30.6. The Hall–Kier alpha value is -2.04. The third-order valence-electron chi connectivity index (χ3n) is 9.32. The molecule has 2 aromatic rings. The van der Waals surface area contributed by atoms with E-state index in [2.05, 4.69) is 109 Å². The fraction of sp³-hybridized carbons (Fsp3) is 0.700. The highest BCUT2D eigenvalue weighted by Crippen LogP contribution is 2.45. The predicted molar refractivity (Wildman–Crippen MR) is 185 cm³/mol. The van der Waals surface area contributed by atoms with Crippen LogP contribution in [0, 0.1) is 11.8 Å². The summed E-state index contributed by atoms with van der Waals surface area (Å²) < 4.78 is 11.7. The van der Waals surface area contributed by atoms with Gasteiger partial charge in [0.05, 0.1) is 13.2 Å². The second kappa shape index (κ2) is 13.4. The number of hydrogen-bond acceptors (Lipinski definition) is 4. The molecule has 0 bridgehead atoms. The van der Waals surface area contributed by atoms with E-state index in [0.717, 1.165) is 33.7 Å². The minimum absolute atomic E-state index is 0.0257. The third-order valence-corrected chi connectivity index (χ3v) is 9.32. The highest BCUT2D eigenvalue weighted by atomic mass is 16.7. The number of rotatable bonds is 2. The maximum Gasteiger partial charge on any atom is 0.183 e. The van der Waals surface area contributed by atoms with Crippen molar-refractivity contribution in [3.63, 3.8) is 0 Å². The summed E-state index contributed by atoms with van der Waals surface area (Å²) in [5.41, 5.74) is 6.22. The van der Waals surface area contributed by atoms with Crippen molar-refractivity contribution in [2.24, 2.45) is 11.8 Å². The molecule has 1 saturated heterocycles. The molecule has 1 saturated carbocycles. The van der Waals surface area contributed by atoms with E-state index in [1.165, 1.54) is 31.2 Å². The van der Waals surface area contributed by atoms with Gasteiger partial charge in [0.25, 0.3) is 0 Å². The monoisotopic (exact) mass is 608 g/mol. The second-order valence-electron chi connectivity index (χ2n) is 18.0. The molecular weight excluding hydrogens is 544 g/mol. The minimum Gasteiger partial charge on any atom is -0.507 e. The molecule has 0 radical (unpaired) electrons. The molecule has 1 aliphatic carbocycles. The molecular formula is C40H64O4. The van der Waals surface area contributed by atoms with Crippen molar-refractivity contribution < 1.29 is 19.7 Å². The van der Waals surface area contributed by atoms with Crippen LogP contribution < -0.4 is 0 Å². The van der Waals surface area contributed by atoms with Crippen LogP contribution in [0.5, 0.6) is 11.5 Å². The van der Waals surface area contributed by atoms with Crippen molar-refractivity contribution in [1.29, 1.82) is 0 Å². The number of aromatic hydroxyl groups is 2. The molecule has 44 heavy (non-hydrogen) atoms. The summed E-state index contributed by atoms with van der Waals surface area (Å²) >= 11 is 0. The summed E-state index contributed by atoms with van der Waals surface area (Å²) in [6, 6.07) is 8.63. The van der Waals surface area contributed by atoms with E-state index < -0.39 is 0 Å². The molecule has 0 spiro atoms. The Morgan fingerprint density at radius 3 is 1.14 bits per heavy atom. The van der Waals surface area contributed by atoms with Crippen LogP contribution >= 0.6 is 0 Å². The van der Waals surface area contributed by atoms with Gasteiger partial charge in [0.2, 0.25) is 0 Å². The van der Waals surface area contributed by atoms with E-state index in [-0.39, 0.29) is 27.9 Å². The third kappa shape index (κ3) is 9.03. The number of benzene rings is 2. The number of phenols is 2. The van der Waals surface area contributed by atoms with E-state index in [9.17, 15) is 10.2 Å². The van der Waals surface area contributed by atoms with Crippen molar-refractivity contribution in [2.45, 2.75) is 156 Å². The Bertz CT molecular complexity index is 1080. The van der Waals surface area contributed by atoms with Crippen LogP contribution in [-0.4, -0.2) is 23.4 Å². The van der Waals surface area contributed by atoms with Crippen LogP contribution in [-0.2, 0) is 31.1 Å². The van der Waals surface area contributed by atoms with E-state index in [1.54, 1.807) is 0 Å². The highest BCUT2D eigenvalue weighted by molar-refractivity contribution is 5.51. The van der Waals surface area contributed by atoms with Gasteiger partial charge in [-0.15, -0.1) is 0 Å². The zero-order valence-electron chi connectivity index (χ0n) is 30.6. The van der Waals surface area contributed by atoms with Crippen molar-refractivity contribution >= 4 is 0 Å². The van der Waals surface area contributed by atoms with E-state index in [0.29, 0.717) is 36.5 Å². The molecule has 2 fully saturated rings. The SMILES string of the molecule is CC1CCC(c2cc(C(C)(C)C)c(O)c(C(C)(C)C)c2)CC1.CC1COC(c2cc(C(C)(C)C)c(O)c(C(C)(C)C)c2)OC1. The molecule has 2 N–H and O–H groups in total. The lowest BCUT2D eigenvalue weighted by Crippen LogP contribution is -2.26. The number of ether oxygens (including phenoxy) is 2. The lowest BCUT2D eigenvalue weighted by Gasteiger charge is -2.32. The van der Waals surface area contributed by atoms with Gasteiger partial charge < -0.3 is 19.7 Å². The molecule has 0 amide bonds. The largest absolute Gasteiger partial charge is 0.507 e. The van der Waals surface area contributed by atoms with Crippen LogP contribution in [0.15, 0.2) is 24.3 Å². The van der Waals surface area contributed by atoms with Crippen LogP contribution in [0.1, 0.15) is 168 Å². The van der Waals surface area contributed by atoms with Gasteiger partial charge in [0.1, 0.15) is 11.5 Å². The summed E-state index contributed by atoms with van der Waals surface area (Å²) in [4.78, 5) is 0. The van der Waals surface area contributed by atoms with Gasteiger partial charge in [-0.3, -0.25) is 0 Å². The molecule has 0 aromatic heterocycles.